The molecule has 0 amide bonds. The molecular formula is C11H22O2S. The zero-order valence-corrected chi connectivity index (χ0v) is 10.3. The highest BCUT2D eigenvalue weighted by atomic mass is 32.2. The van der Waals surface area contributed by atoms with E-state index in [9.17, 15) is 4.79 Å². The van der Waals surface area contributed by atoms with Crippen molar-refractivity contribution in [3.05, 3.63) is 0 Å². The molecular weight excluding hydrogens is 196 g/mol. The Bertz CT molecular complexity index is 167. The van der Waals surface area contributed by atoms with E-state index in [1.54, 1.807) is 25.6 Å². The first-order valence-corrected chi connectivity index (χ1v) is 6.36. The third-order valence-corrected chi connectivity index (χ3v) is 3.61. The highest BCUT2D eigenvalue weighted by molar-refractivity contribution is 8.01. The first kappa shape index (κ1) is 13.8. The van der Waals surface area contributed by atoms with Crippen molar-refractivity contribution < 1.29 is 9.90 Å². The van der Waals surface area contributed by atoms with Gasteiger partial charge < -0.3 is 5.11 Å². The maximum Gasteiger partial charge on any atom is 0.319 e. The molecule has 0 rings (SSSR count). The minimum Gasteiger partial charge on any atom is -0.480 e. The van der Waals surface area contributed by atoms with Crippen LogP contribution in [0, 0.1) is 0 Å². The van der Waals surface area contributed by atoms with Gasteiger partial charge in [-0.3, -0.25) is 4.79 Å². The van der Waals surface area contributed by atoms with E-state index < -0.39 is 10.7 Å². The van der Waals surface area contributed by atoms with E-state index in [0.29, 0.717) is 0 Å². The molecule has 0 radical (unpaired) electrons. The summed E-state index contributed by atoms with van der Waals surface area (Å²) in [5.41, 5.74) is 0. The first-order chi connectivity index (χ1) is 6.50. The van der Waals surface area contributed by atoms with Crippen LogP contribution in [0.1, 0.15) is 52.9 Å². The Morgan fingerprint density at radius 2 is 1.79 bits per heavy atom. The highest BCUT2D eigenvalue weighted by Gasteiger charge is 2.26. The number of rotatable bonds is 8. The molecule has 0 fully saturated rings. The van der Waals surface area contributed by atoms with Crippen LogP contribution in [0.5, 0.6) is 0 Å². The molecule has 0 spiro atoms. The topological polar surface area (TPSA) is 37.3 Å². The molecule has 3 heteroatoms. The minimum atomic E-state index is -0.712. The van der Waals surface area contributed by atoms with Gasteiger partial charge in [0.25, 0.3) is 0 Å². The molecule has 0 aliphatic heterocycles. The maximum atomic E-state index is 10.8. The van der Waals surface area contributed by atoms with Crippen molar-refractivity contribution >= 4 is 17.7 Å². The molecule has 0 saturated heterocycles. The Kier molecular flexibility index (Phi) is 7.06. The number of unbranched alkanes of at least 4 members (excludes halogenated alkanes) is 4. The quantitative estimate of drug-likeness (QED) is 0.633. The second kappa shape index (κ2) is 7.16. The Morgan fingerprint density at radius 1 is 1.21 bits per heavy atom. The summed E-state index contributed by atoms with van der Waals surface area (Å²) in [6.07, 6.45) is 6.21. The van der Waals surface area contributed by atoms with Crippen LogP contribution in [0.2, 0.25) is 0 Å². The molecule has 0 aliphatic rings. The lowest BCUT2D eigenvalue weighted by atomic mass is 10.2. The Hall–Kier alpha value is -0.180. The molecule has 0 unspecified atom stereocenters. The molecule has 14 heavy (non-hydrogen) atoms. The smallest absolute Gasteiger partial charge is 0.319 e. The fourth-order valence-electron chi connectivity index (χ4n) is 1.09. The van der Waals surface area contributed by atoms with E-state index in [0.717, 1.165) is 12.2 Å². The van der Waals surface area contributed by atoms with Crippen molar-refractivity contribution in [3.8, 4) is 0 Å². The summed E-state index contributed by atoms with van der Waals surface area (Å²) in [4.78, 5) is 10.8. The minimum absolute atomic E-state index is 0.620. The van der Waals surface area contributed by atoms with Crippen molar-refractivity contribution in [3.63, 3.8) is 0 Å². The molecule has 0 aromatic rings. The molecule has 0 aromatic carbocycles. The monoisotopic (exact) mass is 218 g/mol. The van der Waals surface area contributed by atoms with E-state index in [1.165, 1.54) is 25.7 Å². The van der Waals surface area contributed by atoms with E-state index in [1.807, 2.05) is 0 Å². The van der Waals surface area contributed by atoms with Gasteiger partial charge in [-0.25, -0.2) is 0 Å². The third kappa shape index (κ3) is 6.30. The second-order valence-corrected chi connectivity index (χ2v) is 5.80. The second-order valence-electron chi connectivity index (χ2n) is 4.08. The predicted octanol–water partition coefficient (Wildman–Crippen LogP) is 3.55. The largest absolute Gasteiger partial charge is 0.480 e. The maximum absolute atomic E-state index is 10.8. The van der Waals surface area contributed by atoms with E-state index in [-0.39, 0.29) is 0 Å². The standard InChI is InChI=1S/C11H22O2S/c1-4-5-6-7-8-9-14-11(2,3)10(12)13/h4-9H2,1-3H3,(H,12,13). The first-order valence-electron chi connectivity index (χ1n) is 5.38. The van der Waals surface area contributed by atoms with E-state index >= 15 is 0 Å². The summed E-state index contributed by atoms with van der Waals surface area (Å²) < 4.78 is -0.620. The number of thioether (sulfide) groups is 1. The average molecular weight is 218 g/mol. The van der Waals surface area contributed by atoms with Crippen LogP contribution in [0.4, 0.5) is 0 Å². The summed E-state index contributed by atoms with van der Waals surface area (Å²) in [6.45, 7) is 5.74. The summed E-state index contributed by atoms with van der Waals surface area (Å²) in [5, 5.41) is 8.86. The van der Waals surface area contributed by atoms with Crippen LogP contribution in [0.15, 0.2) is 0 Å². The lowest BCUT2D eigenvalue weighted by molar-refractivity contribution is -0.138. The molecule has 84 valence electrons. The average Bonchev–Trinajstić information content (AvgIpc) is 2.10. The number of carboxylic acids is 1. The zero-order valence-electron chi connectivity index (χ0n) is 9.51. The number of hydrogen-bond acceptors (Lipinski definition) is 2. The van der Waals surface area contributed by atoms with Crippen molar-refractivity contribution in [2.75, 3.05) is 5.75 Å². The van der Waals surface area contributed by atoms with Gasteiger partial charge in [0.15, 0.2) is 0 Å². The predicted molar refractivity (Wildman–Crippen MR) is 62.9 cm³/mol. The van der Waals surface area contributed by atoms with Gasteiger partial charge in [-0.1, -0.05) is 32.6 Å². The van der Waals surface area contributed by atoms with Gasteiger partial charge in [0, 0.05) is 0 Å². The Balaban J connectivity index is 3.40. The molecule has 0 atom stereocenters. The van der Waals surface area contributed by atoms with Gasteiger partial charge in [-0.15, -0.1) is 11.8 Å². The third-order valence-electron chi connectivity index (χ3n) is 2.23. The molecule has 2 nitrogen and oxygen atoms in total. The fourth-order valence-corrected chi connectivity index (χ4v) is 2.08. The van der Waals surface area contributed by atoms with Crippen LogP contribution in [0.3, 0.4) is 0 Å². The number of carbonyl (C=O) groups is 1. The Morgan fingerprint density at radius 3 is 2.29 bits per heavy atom. The summed E-state index contributed by atoms with van der Waals surface area (Å²) in [5.74, 6) is 0.249. The molecule has 0 aromatic heterocycles. The summed E-state index contributed by atoms with van der Waals surface area (Å²) in [6, 6.07) is 0. The molecule has 0 heterocycles. The molecule has 0 aliphatic carbocycles. The fraction of sp³-hybridized carbons (Fsp3) is 0.909. The normalized spacial score (nSPS) is 11.6. The molecule has 0 saturated carbocycles. The summed E-state index contributed by atoms with van der Waals surface area (Å²) in [7, 11) is 0. The summed E-state index contributed by atoms with van der Waals surface area (Å²) >= 11 is 1.55. The van der Waals surface area contributed by atoms with Crippen LogP contribution >= 0.6 is 11.8 Å². The van der Waals surface area contributed by atoms with Crippen LogP contribution in [-0.4, -0.2) is 21.6 Å². The van der Waals surface area contributed by atoms with Gasteiger partial charge in [0.05, 0.1) is 0 Å². The van der Waals surface area contributed by atoms with Crippen molar-refractivity contribution in [1.82, 2.24) is 0 Å². The number of hydrogen-bond donors (Lipinski definition) is 1. The molecule has 0 bridgehead atoms. The van der Waals surface area contributed by atoms with Gasteiger partial charge in [-0.2, -0.15) is 0 Å². The Labute approximate surface area is 91.5 Å². The number of carboxylic acid groups (broad SMARTS) is 1. The lowest BCUT2D eigenvalue weighted by Crippen LogP contribution is -2.27. The van der Waals surface area contributed by atoms with Crippen LogP contribution in [-0.2, 0) is 4.79 Å². The van der Waals surface area contributed by atoms with Crippen LogP contribution < -0.4 is 0 Å². The van der Waals surface area contributed by atoms with E-state index in [2.05, 4.69) is 6.92 Å². The van der Waals surface area contributed by atoms with Crippen molar-refractivity contribution in [1.29, 1.82) is 0 Å². The van der Waals surface area contributed by atoms with Crippen LogP contribution in [0.25, 0.3) is 0 Å². The SMILES string of the molecule is CCCCCCCSC(C)(C)C(=O)O. The van der Waals surface area contributed by atoms with E-state index in [4.69, 9.17) is 5.11 Å². The van der Waals surface area contributed by atoms with Crippen molar-refractivity contribution in [2.24, 2.45) is 0 Å². The zero-order chi connectivity index (χ0) is 11.0. The van der Waals surface area contributed by atoms with Gasteiger partial charge >= 0.3 is 5.97 Å². The van der Waals surface area contributed by atoms with Gasteiger partial charge in [0.1, 0.15) is 4.75 Å². The van der Waals surface area contributed by atoms with Gasteiger partial charge in [-0.05, 0) is 26.0 Å². The van der Waals surface area contributed by atoms with Crippen molar-refractivity contribution in [2.45, 2.75) is 57.6 Å². The number of aliphatic carboxylic acids is 1. The molecule has 1 N–H and O–H groups in total. The lowest BCUT2D eigenvalue weighted by Gasteiger charge is -2.17. The van der Waals surface area contributed by atoms with Gasteiger partial charge in [0.2, 0.25) is 0 Å². The highest BCUT2D eigenvalue weighted by Crippen LogP contribution is 2.25.